The van der Waals surface area contributed by atoms with Crippen molar-refractivity contribution in [3.8, 4) is 0 Å². The van der Waals surface area contributed by atoms with Crippen molar-refractivity contribution in [3.63, 3.8) is 0 Å². The number of carbonyl (C=O) groups is 2. The van der Waals surface area contributed by atoms with Crippen molar-refractivity contribution >= 4 is 11.9 Å². The minimum atomic E-state index is -0.450. The number of hydrogen-bond acceptors (Lipinski definition) is 5. The number of ether oxygens (including phenoxy) is 2. The third-order valence-corrected chi connectivity index (χ3v) is 2.45. The van der Waals surface area contributed by atoms with Gasteiger partial charge < -0.3 is 9.47 Å². The Balaban J connectivity index is 4.01. The summed E-state index contributed by atoms with van der Waals surface area (Å²) >= 11 is 0. The van der Waals surface area contributed by atoms with Crippen LogP contribution >= 0.6 is 0 Å². The summed E-state index contributed by atoms with van der Waals surface area (Å²) in [5.74, 6) is -0.330. The molecule has 0 saturated carbocycles. The maximum absolute atomic E-state index is 11.5. The maximum Gasteiger partial charge on any atom is 0.322 e. The zero-order chi connectivity index (χ0) is 14.0. The molecule has 0 amide bonds. The number of hydrogen-bond donors (Lipinski definition) is 1. The smallest absolute Gasteiger partial charge is 0.322 e. The molecule has 1 atom stereocenters. The van der Waals surface area contributed by atoms with Gasteiger partial charge >= 0.3 is 11.9 Å². The monoisotopic (exact) mass is 259 g/mol. The van der Waals surface area contributed by atoms with Crippen molar-refractivity contribution in [2.45, 2.75) is 46.1 Å². The van der Waals surface area contributed by atoms with Gasteiger partial charge in [-0.15, -0.1) is 0 Å². The summed E-state index contributed by atoms with van der Waals surface area (Å²) in [6.45, 7) is 6.52. The summed E-state index contributed by atoms with van der Waals surface area (Å²) in [5, 5.41) is 2.88. The Hall–Kier alpha value is -1.10. The Labute approximate surface area is 109 Å². The highest BCUT2D eigenvalue weighted by Gasteiger charge is 2.20. The van der Waals surface area contributed by atoms with Crippen LogP contribution in [-0.4, -0.2) is 38.2 Å². The predicted octanol–water partition coefficient (Wildman–Crippen LogP) is 1.51. The Morgan fingerprint density at radius 1 is 1.28 bits per heavy atom. The van der Waals surface area contributed by atoms with Crippen LogP contribution in [0.15, 0.2) is 0 Å². The normalized spacial score (nSPS) is 12.3. The topological polar surface area (TPSA) is 64.6 Å². The summed E-state index contributed by atoms with van der Waals surface area (Å²) in [6, 6.07) is -0.450. The quantitative estimate of drug-likeness (QED) is 0.502. The molecule has 1 N–H and O–H groups in total. The lowest BCUT2D eigenvalue weighted by Crippen LogP contribution is -2.41. The molecule has 5 heteroatoms. The number of methoxy groups -OCH3 is 1. The average molecular weight is 259 g/mol. The molecule has 0 aromatic heterocycles. The lowest BCUT2D eigenvalue weighted by molar-refractivity contribution is -0.145. The molecule has 0 aromatic carbocycles. The molecule has 0 saturated heterocycles. The van der Waals surface area contributed by atoms with Gasteiger partial charge in [0.2, 0.25) is 0 Å². The van der Waals surface area contributed by atoms with Crippen LogP contribution in [0, 0.1) is 5.92 Å². The first-order chi connectivity index (χ1) is 8.51. The van der Waals surface area contributed by atoms with E-state index in [9.17, 15) is 9.59 Å². The molecule has 0 fully saturated rings. The Morgan fingerprint density at radius 3 is 2.44 bits per heavy atom. The number of nitrogens with one attached hydrogen (secondary N) is 1. The molecule has 0 rings (SSSR count). The first-order valence-corrected chi connectivity index (χ1v) is 6.48. The van der Waals surface area contributed by atoms with E-state index in [0.29, 0.717) is 18.9 Å². The highest BCUT2D eigenvalue weighted by Crippen LogP contribution is 2.06. The highest BCUT2D eigenvalue weighted by atomic mass is 16.5. The number of rotatable bonds is 9. The fourth-order valence-electron chi connectivity index (χ4n) is 1.46. The van der Waals surface area contributed by atoms with Crippen LogP contribution in [0.2, 0.25) is 0 Å². The third kappa shape index (κ3) is 8.06. The van der Waals surface area contributed by atoms with E-state index in [1.54, 1.807) is 0 Å². The van der Waals surface area contributed by atoms with Crippen LogP contribution < -0.4 is 5.32 Å². The zero-order valence-electron chi connectivity index (χ0n) is 11.8. The van der Waals surface area contributed by atoms with Crippen LogP contribution in [0.5, 0.6) is 0 Å². The number of unbranched alkanes of at least 4 members (excludes halogenated alkanes) is 1. The second-order valence-corrected chi connectivity index (χ2v) is 4.66. The van der Waals surface area contributed by atoms with E-state index in [4.69, 9.17) is 9.47 Å². The van der Waals surface area contributed by atoms with E-state index in [-0.39, 0.29) is 18.5 Å². The minimum Gasteiger partial charge on any atom is -0.468 e. The summed E-state index contributed by atoms with van der Waals surface area (Å²) in [5.41, 5.74) is 0. The Morgan fingerprint density at radius 2 is 1.94 bits per heavy atom. The van der Waals surface area contributed by atoms with Gasteiger partial charge in [0.05, 0.1) is 20.3 Å². The van der Waals surface area contributed by atoms with Crippen molar-refractivity contribution in [1.29, 1.82) is 0 Å². The fraction of sp³-hybridized carbons (Fsp3) is 0.846. The lowest BCUT2D eigenvalue weighted by Gasteiger charge is -2.17. The average Bonchev–Trinajstić information content (AvgIpc) is 2.33. The minimum absolute atomic E-state index is 0.0379. The van der Waals surface area contributed by atoms with Crippen LogP contribution in [0.3, 0.4) is 0 Å². The molecule has 0 heterocycles. The molecule has 0 aliphatic carbocycles. The summed E-state index contributed by atoms with van der Waals surface area (Å²) in [4.78, 5) is 22.9. The van der Waals surface area contributed by atoms with Crippen LogP contribution in [-0.2, 0) is 19.1 Å². The molecule has 0 aliphatic rings. The molecule has 106 valence electrons. The summed E-state index contributed by atoms with van der Waals surface area (Å²) in [6.07, 6.45) is 2.48. The first kappa shape index (κ1) is 16.9. The highest BCUT2D eigenvalue weighted by molar-refractivity contribution is 5.77. The first-order valence-electron chi connectivity index (χ1n) is 6.48. The van der Waals surface area contributed by atoms with Gasteiger partial charge in [-0.3, -0.25) is 14.9 Å². The molecule has 0 aliphatic heterocycles. The van der Waals surface area contributed by atoms with Gasteiger partial charge in [-0.2, -0.15) is 0 Å². The summed E-state index contributed by atoms with van der Waals surface area (Å²) in [7, 11) is 1.34. The molecule has 0 aromatic rings. The standard InChI is InChI=1S/C13H25NO4/c1-5-6-7-18-12(15)9-14-11(8-10(2)3)13(16)17-4/h10-11,14H,5-9H2,1-4H3. The predicted molar refractivity (Wildman–Crippen MR) is 69.1 cm³/mol. The number of esters is 2. The van der Waals surface area contributed by atoms with E-state index in [1.807, 2.05) is 20.8 Å². The number of carbonyl (C=O) groups excluding carboxylic acids is 2. The van der Waals surface area contributed by atoms with Crippen molar-refractivity contribution in [2.24, 2.45) is 5.92 Å². The lowest BCUT2D eigenvalue weighted by atomic mass is 10.0. The van der Waals surface area contributed by atoms with Crippen molar-refractivity contribution in [2.75, 3.05) is 20.3 Å². The maximum atomic E-state index is 11.5. The van der Waals surface area contributed by atoms with Crippen molar-refractivity contribution < 1.29 is 19.1 Å². The van der Waals surface area contributed by atoms with Gasteiger partial charge in [0, 0.05) is 0 Å². The van der Waals surface area contributed by atoms with Crippen LogP contribution in [0.25, 0.3) is 0 Å². The Kier molecular flexibility index (Phi) is 9.28. The van der Waals surface area contributed by atoms with Crippen LogP contribution in [0.1, 0.15) is 40.0 Å². The second-order valence-electron chi connectivity index (χ2n) is 4.66. The van der Waals surface area contributed by atoms with E-state index >= 15 is 0 Å². The molecule has 0 radical (unpaired) electrons. The van der Waals surface area contributed by atoms with Gasteiger partial charge in [-0.05, 0) is 18.8 Å². The van der Waals surface area contributed by atoms with Crippen LogP contribution in [0.4, 0.5) is 0 Å². The van der Waals surface area contributed by atoms with Gasteiger partial charge in [0.1, 0.15) is 6.04 Å². The third-order valence-electron chi connectivity index (χ3n) is 2.45. The van der Waals surface area contributed by atoms with Crippen molar-refractivity contribution in [1.82, 2.24) is 5.32 Å². The van der Waals surface area contributed by atoms with Gasteiger partial charge in [0.15, 0.2) is 0 Å². The SMILES string of the molecule is CCCCOC(=O)CNC(CC(C)C)C(=O)OC. The molecule has 1 unspecified atom stereocenters. The zero-order valence-corrected chi connectivity index (χ0v) is 11.8. The van der Waals surface area contributed by atoms with E-state index in [2.05, 4.69) is 5.32 Å². The van der Waals surface area contributed by atoms with Crippen molar-refractivity contribution in [3.05, 3.63) is 0 Å². The summed E-state index contributed by atoms with van der Waals surface area (Å²) < 4.78 is 9.69. The van der Waals surface area contributed by atoms with Gasteiger partial charge in [-0.1, -0.05) is 27.2 Å². The fourth-order valence-corrected chi connectivity index (χ4v) is 1.46. The molecule has 0 bridgehead atoms. The Bertz CT molecular complexity index is 253. The van der Waals surface area contributed by atoms with E-state index in [1.165, 1.54) is 7.11 Å². The molecular formula is C13H25NO4. The molecule has 5 nitrogen and oxygen atoms in total. The second kappa shape index (κ2) is 9.88. The van der Waals surface area contributed by atoms with E-state index < -0.39 is 6.04 Å². The molecule has 18 heavy (non-hydrogen) atoms. The van der Waals surface area contributed by atoms with Gasteiger partial charge in [-0.25, -0.2) is 0 Å². The molecular weight excluding hydrogens is 234 g/mol. The van der Waals surface area contributed by atoms with Gasteiger partial charge in [0.25, 0.3) is 0 Å². The molecule has 0 spiro atoms. The largest absolute Gasteiger partial charge is 0.468 e. The van der Waals surface area contributed by atoms with E-state index in [0.717, 1.165) is 12.8 Å².